The Morgan fingerprint density at radius 3 is 2.33 bits per heavy atom. The predicted molar refractivity (Wildman–Crippen MR) is 54.7 cm³/mol. The summed E-state index contributed by atoms with van der Waals surface area (Å²) in [6.07, 6.45) is -0.626. The summed E-state index contributed by atoms with van der Waals surface area (Å²) in [5.74, 6) is 0.862. The molecule has 0 spiro atoms. The quantitative estimate of drug-likeness (QED) is 0.818. The molecule has 0 saturated carbocycles. The van der Waals surface area contributed by atoms with E-state index in [1.807, 2.05) is 0 Å². The van der Waals surface area contributed by atoms with Gasteiger partial charge in [0.2, 0.25) is 0 Å². The standard InChI is InChI=1S/C12H11FO2/c1-8(14)11-6-7-12(15-11)9-2-4-10(13)5-3-9/h2-8,14H,1H3. The van der Waals surface area contributed by atoms with Gasteiger partial charge >= 0.3 is 0 Å². The lowest BCUT2D eigenvalue weighted by atomic mass is 10.2. The van der Waals surface area contributed by atoms with Gasteiger partial charge in [0.1, 0.15) is 23.4 Å². The van der Waals surface area contributed by atoms with Crippen molar-refractivity contribution in [1.82, 2.24) is 0 Å². The topological polar surface area (TPSA) is 33.4 Å². The van der Waals surface area contributed by atoms with Crippen molar-refractivity contribution in [1.29, 1.82) is 0 Å². The molecule has 0 saturated heterocycles. The molecular formula is C12H11FO2. The molecule has 15 heavy (non-hydrogen) atoms. The van der Waals surface area contributed by atoms with Gasteiger partial charge in [0, 0.05) is 5.56 Å². The highest BCUT2D eigenvalue weighted by molar-refractivity contribution is 5.57. The first-order valence-corrected chi connectivity index (χ1v) is 4.70. The highest BCUT2D eigenvalue weighted by atomic mass is 19.1. The van der Waals surface area contributed by atoms with Gasteiger partial charge in [0.25, 0.3) is 0 Å². The highest BCUT2D eigenvalue weighted by Gasteiger charge is 2.08. The van der Waals surface area contributed by atoms with E-state index in [0.717, 1.165) is 5.56 Å². The van der Waals surface area contributed by atoms with Crippen LogP contribution in [-0.2, 0) is 0 Å². The first-order chi connectivity index (χ1) is 7.16. The lowest BCUT2D eigenvalue weighted by Crippen LogP contribution is -1.85. The second-order valence-electron chi connectivity index (χ2n) is 3.38. The molecule has 2 nitrogen and oxygen atoms in total. The lowest BCUT2D eigenvalue weighted by Gasteiger charge is -1.99. The maximum atomic E-state index is 12.7. The molecule has 0 bridgehead atoms. The van der Waals surface area contributed by atoms with Gasteiger partial charge < -0.3 is 9.52 Å². The zero-order chi connectivity index (χ0) is 10.8. The number of benzene rings is 1. The van der Waals surface area contributed by atoms with Crippen LogP contribution in [0.3, 0.4) is 0 Å². The van der Waals surface area contributed by atoms with Crippen LogP contribution in [0.5, 0.6) is 0 Å². The van der Waals surface area contributed by atoms with Crippen LogP contribution < -0.4 is 0 Å². The summed E-state index contributed by atoms with van der Waals surface area (Å²) in [6, 6.07) is 9.50. The largest absolute Gasteiger partial charge is 0.458 e. The van der Waals surface area contributed by atoms with Gasteiger partial charge in [0.05, 0.1) is 0 Å². The van der Waals surface area contributed by atoms with E-state index in [1.165, 1.54) is 12.1 Å². The zero-order valence-electron chi connectivity index (χ0n) is 8.27. The van der Waals surface area contributed by atoms with Crippen molar-refractivity contribution in [2.75, 3.05) is 0 Å². The Morgan fingerprint density at radius 1 is 1.13 bits per heavy atom. The van der Waals surface area contributed by atoms with Crippen molar-refractivity contribution in [3.63, 3.8) is 0 Å². The monoisotopic (exact) mass is 206 g/mol. The second-order valence-corrected chi connectivity index (χ2v) is 3.38. The molecule has 0 amide bonds. The Morgan fingerprint density at radius 2 is 1.80 bits per heavy atom. The van der Waals surface area contributed by atoms with Crippen molar-refractivity contribution in [2.24, 2.45) is 0 Å². The Bertz CT molecular complexity index is 443. The smallest absolute Gasteiger partial charge is 0.134 e. The molecule has 1 aromatic carbocycles. The van der Waals surface area contributed by atoms with Crippen molar-refractivity contribution >= 4 is 0 Å². The first kappa shape index (κ1) is 9.93. The van der Waals surface area contributed by atoms with E-state index in [1.54, 1.807) is 31.2 Å². The minimum Gasteiger partial charge on any atom is -0.458 e. The molecule has 0 radical (unpaired) electrons. The fourth-order valence-electron chi connectivity index (χ4n) is 1.35. The van der Waals surface area contributed by atoms with Crippen LogP contribution in [0.15, 0.2) is 40.8 Å². The average Bonchev–Trinajstić information content (AvgIpc) is 2.68. The van der Waals surface area contributed by atoms with Gasteiger partial charge in [-0.25, -0.2) is 4.39 Å². The van der Waals surface area contributed by atoms with Crippen LogP contribution in [0.4, 0.5) is 4.39 Å². The number of rotatable bonds is 2. The van der Waals surface area contributed by atoms with E-state index in [-0.39, 0.29) is 5.82 Å². The molecule has 1 aromatic heterocycles. The molecule has 0 aliphatic carbocycles. The molecular weight excluding hydrogens is 195 g/mol. The molecule has 1 N–H and O–H groups in total. The maximum absolute atomic E-state index is 12.7. The van der Waals surface area contributed by atoms with Crippen LogP contribution in [-0.4, -0.2) is 5.11 Å². The normalized spacial score (nSPS) is 12.7. The summed E-state index contributed by atoms with van der Waals surface area (Å²) < 4.78 is 18.1. The van der Waals surface area contributed by atoms with Crippen LogP contribution in [0.25, 0.3) is 11.3 Å². The molecule has 0 aliphatic heterocycles. The molecule has 2 rings (SSSR count). The van der Waals surface area contributed by atoms with Gasteiger partial charge in [-0.15, -0.1) is 0 Å². The highest BCUT2D eigenvalue weighted by Crippen LogP contribution is 2.25. The van der Waals surface area contributed by atoms with E-state index >= 15 is 0 Å². The Hall–Kier alpha value is -1.61. The zero-order valence-corrected chi connectivity index (χ0v) is 8.27. The van der Waals surface area contributed by atoms with E-state index < -0.39 is 6.10 Å². The summed E-state index contributed by atoms with van der Waals surface area (Å²) in [5.41, 5.74) is 0.795. The van der Waals surface area contributed by atoms with Gasteiger partial charge in [-0.2, -0.15) is 0 Å². The predicted octanol–water partition coefficient (Wildman–Crippen LogP) is 3.14. The molecule has 0 aliphatic rings. The fourth-order valence-corrected chi connectivity index (χ4v) is 1.35. The summed E-state index contributed by atoms with van der Waals surface area (Å²) in [6.45, 7) is 1.63. The van der Waals surface area contributed by atoms with Crippen molar-refractivity contribution in [3.05, 3.63) is 48.0 Å². The third-order valence-electron chi connectivity index (χ3n) is 2.17. The average molecular weight is 206 g/mol. The molecule has 3 heteroatoms. The van der Waals surface area contributed by atoms with Gasteiger partial charge in [-0.1, -0.05) is 0 Å². The number of furan rings is 1. The third-order valence-corrected chi connectivity index (χ3v) is 2.17. The van der Waals surface area contributed by atoms with Gasteiger partial charge in [-0.05, 0) is 43.3 Å². The Labute approximate surface area is 87.0 Å². The fraction of sp³-hybridized carbons (Fsp3) is 0.167. The van der Waals surface area contributed by atoms with Crippen molar-refractivity contribution in [2.45, 2.75) is 13.0 Å². The minimum absolute atomic E-state index is 0.277. The number of hydrogen-bond acceptors (Lipinski definition) is 2. The number of halogens is 1. The van der Waals surface area contributed by atoms with E-state index in [4.69, 9.17) is 4.42 Å². The van der Waals surface area contributed by atoms with Crippen molar-refractivity contribution in [3.8, 4) is 11.3 Å². The second kappa shape index (κ2) is 3.87. The molecule has 1 atom stereocenters. The number of aliphatic hydroxyl groups excluding tert-OH is 1. The minimum atomic E-state index is -0.626. The third kappa shape index (κ3) is 2.07. The molecule has 1 heterocycles. The van der Waals surface area contributed by atoms with Gasteiger partial charge in [0.15, 0.2) is 0 Å². The Balaban J connectivity index is 2.33. The maximum Gasteiger partial charge on any atom is 0.134 e. The summed E-state index contributed by atoms with van der Waals surface area (Å²) in [4.78, 5) is 0. The first-order valence-electron chi connectivity index (χ1n) is 4.70. The number of aliphatic hydroxyl groups is 1. The molecule has 2 aromatic rings. The van der Waals surface area contributed by atoms with E-state index in [9.17, 15) is 9.50 Å². The molecule has 1 unspecified atom stereocenters. The number of hydrogen-bond donors (Lipinski definition) is 1. The molecule has 0 fully saturated rings. The summed E-state index contributed by atoms with van der Waals surface area (Å²) in [7, 11) is 0. The van der Waals surface area contributed by atoms with Crippen LogP contribution in [0.1, 0.15) is 18.8 Å². The van der Waals surface area contributed by atoms with Crippen LogP contribution >= 0.6 is 0 Å². The van der Waals surface area contributed by atoms with E-state index in [0.29, 0.717) is 11.5 Å². The SMILES string of the molecule is CC(O)c1ccc(-c2ccc(F)cc2)o1. The summed E-state index contributed by atoms with van der Waals surface area (Å²) >= 11 is 0. The lowest BCUT2D eigenvalue weighted by molar-refractivity contribution is 0.170. The van der Waals surface area contributed by atoms with Crippen LogP contribution in [0.2, 0.25) is 0 Å². The Kier molecular flexibility index (Phi) is 2.56. The van der Waals surface area contributed by atoms with Crippen LogP contribution in [0, 0.1) is 5.82 Å². The van der Waals surface area contributed by atoms with Gasteiger partial charge in [-0.3, -0.25) is 0 Å². The molecule has 78 valence electrons. The van der Waals surface area contributed by atoms with E-state index in [2.05, 4.69) is 0 Å². The van der Waals surface area contributed by atoms with Crippen molar-refractivity contribution < 1.29 is 13.9 Å². The summed E-state index contributed by atoms with van der Waals surface area (Å²) in [5, 5.41) is 9.27.